The minimum atomic E-state index is -0.923. The molecule has 0 aromatic carbocycles. The van der Waals surface area contributed by atoms with Crippen LogP contribution in [0.3, 0.4) is 0 Å². The van der Waals surface area contributed by atoms with E-state index in [4.69, 9.17) is 16.7 Å². The molecule has 0 saturated heterocycles. The second-order valence-corrected chi connectivity index (χ2v) is 2.38. The van der Waals surface area contributed by atoms with Gasteiger partial charge in [-0.05, 0) is 12.5 Å². The number of hydrogen-bond donors (Lipinski definition) is 1. The summed E-state index contributed by atoms with van der Waals surface area (Å²) in [6.07, 6.45) is -0.394. The van der Waals surface area contributed by atoms with Crippen molar-refractivity contribution in [1.82, 2.24) is 0 Å². The fraction of sp³-hybridized carbons (Fsp3) is 0.333. The van der Waals surface area contributed by atoms with Gasteiger partial charge in [0.05, 0.1) is 5.03 Å². The highest BCUT2D eigenvalue weighted by Crippen LogP contribution is 2.21. The third kappa shape index (κ3) is 0.978. The second-order valence-electron chi connectivity index (χ2n) is 2.00. The fourth-order valence-electron chi connectivity index (χ4n) is 0.683. The van der Waals surface area contributed by atoms with Crippen molar-refractivity contribution in [3.8, 4) is 0 Å². The van der Waals surface area contributed by atoms with Crippen molar-refractivity contribution >= 4 is 23.6 Å². The molecule has 1 aliphatic rings. The second kappa shape index (κ2) is 2.52. The topological polar surface area (TPSA) is 49.7 Å². The van der Waals surface area contributed by atoms with Gasteiger partial charge in [0.25, 0.3) is 0 Å². The van der Waals surface area contributed by atoms with Gasteiger partial charge in [0.15, 0.2) is 12.5 Å². The number of halogens is 1. The number of nitrogens with zero attached hydrogens (tertiary/aromatic N) is 1. The molecule has 0 bridgehead atoms. The predicted octanol–water partition coefficient (Wildman–Crippen LogP) is 0.471. The number of hydrogen-bond acceptors (Lipinski definition) is 3. The van der Waals surface area contributed by atoms with E-state index in [1.54, 1.807) is 6.92 Å². The number of aliphatic hydroxyl groups excluding tert-OH is 1. The number of carbonyl (C=O) groups excluding carboxylic acids is 1. The molecule has 1 unspecified atom stereocenters. The van der Waals surface area contributed by atoms with Gasteiger partial charge in [-0.25, -0.2) is 4.99 Å². The number of rotatable bonds is 1. The fourth-order valence-corrected chi connectivity index (χ4v) is 0.874. The Bertz CT molecular complexity index is 232. The summed E-state index contributed by atoms with van der Waals surface area (Å²) in [5.74, 6) is 0. The zero-order valence-electron chi connectivity index (χ0n) is 5.34. The summed E-state index contributed by atoms with van der Waals surface area (Å²) in [5.41, 5.74) is 0.662. The van der Waals surface area contributed by atoms with Crippen LogP contribution >= 0.6 is 11.6 Å². The van der Waals surface area contributed by atoms with Crippen LogP contribution in [0, 0.1) is 0 Å². The van der Waals surface area contributed by atoms with Gasteiger partial charge in [-0.2, -0.15) is 0 Å². The van der Waals surface area contributed by atoms with Crippen LogP contribution in [0.15, 0.2) is 15.6 Å². The highest BCUT2D eigenvalue weighted by atomic mass is 35.5. The Hall–Kier alpha value is -0.670. The largest absolute Gasteiger partial charge is 0.368 e. The van der Waals surface area contributed by atoms with Gasteiger partial charge >= 0.3 is 0 Å². The molecule has 3 nitrogen and oxygen atoms in total. The van der Waals surface area contributed by atoms with Crippen molar-refractivity contribution in [3.05, 3.63) is 10.6 Å². The molecule has 1 N–H and O–H groups in total. The minimum Gasteiger partial charge on any atom is -0.368 e. The third-order valence-electron chi connectivity index (χ3n) is 1.33. The predicted molar refractivity (Wildman–Crippen MR) is 38.1 cm³/mol. The van der Waals surface area contributed by atoms with Crippen LogP contribution in [0.1, 0.15) is 6.92 Å². The Kier molecular flexibility index (Phi) is 1.87. The lowest BCUT2D eigenvalue weighted by Crippen LogP contribution is -1.99. The van der Waals surface area contributed by atoms with Crippen molar-refractivity contribution in [1.29, 1.82) is 0 Å². The van der Waals surface area contributed by atoms with Crippen molar-refractivity contribution in [2.45, 2.75) is 13.2 Å². The van der Waals surface area contributed by atoms with Crippen LogP contribution in [0.5, 0.6) is 0 Å². The van der Waals surface area contributed by atoms with Crippen LogP contribution < -0.4 is 0 Å². The van der Waals surface area contributed by atoms with E-state index in [-0.39, 0.29) is 10.7 Å². The molecule has 0 aromatic heterocycles. The molecule has 0 fully saturated rings. The lowest BCUT2D eigenvalue weighted by Gasteiger charge is -1.96. The van der Waals surface area contributed by atoms with Crippen LogP contribution in [0.4, 0.5) is 0 Å². The molecule has 0 radical (unpaired) electrons. The lowest BCUT2D eigenvalue weighted by atomic mass is 10.2. The Morgan fingerprint density at radius 3 is 2.60 bits per heavy atom. The smallest absolute Gasteiger partial charge is 0.169 e. The summed E-state index contributed by atoms with van der Waals surface area (Å²) in [6.45, 7) is 1.63. The number of carbonyl (C=O) groups is 1. The summed E-state index contributed by atoms with van der Waals surface area (Å²) in [5, 5.41) is 9.25. The maximum atomic E-state index is 10.1. The Morgan fingerprint density at radius 1 is 1.80 bits per heavy atom. The molecular formula is C6H6ClNO2. The molecule has 54 valence electrons. The molecule has 0 aliphatic carbocycles. The van der Waals surface area contributed by atoms with E-state index in [1.807, 2.05) is 0 Å². The van der Waals surface area contributed by atoms with E-state index in [2.05, 4.69) is 4.99 Å². The maximum Gasteiger partial charge on any atom is 0.169 e. The molecule has 0 saturated carbocycles. The quantitative estimate of drug-likeness (QED) is 0.566. The Balaban J connectivity index is 3.01. The molecule has 0 aromatic rings. The van der Waals surface area contributed by atoms with Crippen LogP contribution in [-0.2, 0) is 4.79 Å². The van der Waals surface area contributed by atoms with Crippen LogP contribution in [0.2, 0.25) is 0 Å². The van der Waals surface area contributed by atoms with Gasteiger partial charge in [-0.15, -0.1) is 0 Å². The summed E-state index contributed by atoms with van der Waals surface area (Å²) in [7, 11) is 0. The number of aliphatic hydroxyl groups is 1. The van der Waals surface area contributed by atoms with Gasteiger partial charge in [-0.3, -0.25) is 4.79 Å². The first-order valence-electron chi connectivity index (χ1n) is 2.74. The first-order valence-corrected chi connectivity index (χ1v) is 3.12. The first kappa shape index (κ1) is 7.44. The van der Waals surface area contributed by atoms with E-state index in [1.165, 1.54) is 0 Å². The highest BCUT2D eigenvalue weighted by molar-refractivity contribution is 6.55. The molecule has 0 amide bonds. The number of aldehydes is 1. The van der Waals surface area contributed by atoms with Gasteiger partial charge in [0.1, 0.15) is 5.71 Å². The Morgan fingerprint density at radius 2 is 2.40 bits per heavy atom. The normalized spacial score (nSPS) is 25.1. The summed E-state index contributed by atoms with van der Waals surface area (Å²) >= 11 is 5.58. The van der Waals surface area contributed by atoms with Gasteiger partial charge in [0, 0.05) is 0 Å². The number of allylic oxidation sites excluding steroid dienone is 1. The average molecular weight is 160 g/mol. The van der Waals surface area contributed by atoms with E-state index < -0.39 is 6.23 Å². The van der Waals surface area contributed by atoms with Crippen LogP contribution in [0.25, 0.3) is 0 Å². The van der Waals surface area contributed by atoms with E-state index >= 15 is 0 Å². The van der Waals surface area contributed by atoms with Crippen molar-refractivity contribution in [2.24, 2.45) is 4.99 Å². The average Bonchev–Trinajstić information content (AvgIpc) is 2.17. The lowest BCUT2D eigenvalue weighted by molar-refractivity contribution is -0.102. The highest BCUT2D eigenvalue weighted by Gasteiger charge is 2.20. The molecule has 10 heavy (non-hydrogen) atoms. The van der Waals surface area contributed by atoms with Gasteiger partial charge < -0.3 is 5.11 Å². The zero-order chi connectivity index (χ0) is 7.72. The third-order valence-corrected chi connectivity index (χ3v) is 1.82. The minimum absolute atomic E-state index is 0.131. The molecule has 1 heterocycles. The maximum absolute atomic E-state index is 10.1. The first-order chi connectivity index (χ1) is 4.66. The van der Waals surface area contributed by atoms with E-state index in [9.17, 15) is 4.79 Å². The van der Waals surface area contributed by atoms with Crippen molar-refractivity contribution < 1.29 is 9.90 Å². The standard InChI is InChI=1S/C6H6ClNO2/c1-3-5(7)4(2-9)8-6(3)10/h2,6,10H,1H3. The summed E-state index contributed by atoms with van der Waals surface area (Å²) in [6, 6.07) is 0. The number of aliphatic imine (C=N–C) groups is 1. The molecule has 0 spiro atoms. The van der Waals surface area contributed by atoms with Crippen molar-refractivity contribution in [3.63, 3.8) is 0 Å². The molecule has 1 atom stereocenters. The van der Waals surface area contributed by atoms with Crippen molar-refractivity contribution in [2.75, 3.05) is 0 Å². The monoisotopic (exact) mass is 159 g/mol. The molecule has 1 aliphatic heterocycles. The molecule has 4 heteroatoms. The van der Waals surface area contributed by atoms with Gasteiger partial charge in [-0.1, -0.05) is 11.6 Å². The van der Waals surface area contributed by atoms with E-state index in [0.29, 0.717) is 11.9 Å². The van der Waals surface area contributed by atoms with Gasteiger partial charge in [0.2, 0.25) is 0 Å². The Labute approximate surface area is 63.0 Å². The molecule has 1 rings (SSSR count). The summed E-state index contributed by atoms with van der Waals surface area (Å²) < 4.78 is 0. The SMILES string of the molecule is CC1=C(Cl)C(C=O)=NC1O. The zero-order valence-corrected chi connectivity index (χ0v) is 6.09. The molecular weight excluding hydrogens is 154 g/mol. The van der Waals surface area contributed by atoms with E-state index in [0.717, 1.165) is 0 Å². The van der Waals surface area contributed by atoms with Crippen LogP contribution in [-0.4, -0.2) is 23.3 Å². The summed E-state index contributed by atoms with van der Waals surface area (Å²) in [4.78, 5) is 13.7.